The van der Waals surface area contributed by atoms with Gasteiger partial charge in [0.1, 0.15) is 23.8 Å². The van der Waals surface area contributed by atoms with E-state index < -0.39 is 23.2 Å². The molecule has 0 saturated carbocycles. The minimum absolute atomic E-state index is 0.00205. The van der Waals surface area contributed by atoms with Gasteiger partial charge in [0.15, 0.2) is 0 Å². The van der Waals surface area contributed by atoms with Crippen LogP contribution in [0.2, 0.25) is 0 Å². The van der Waals surface area contributed by atoms with Crippen LogP contribution in [0.4, 0.5) is 8.78 Å². The lowest BCUT2D eigenvalue weighted by Crippen LogP contribution is -2.09. The smallest absolute Gasteiger partial charge is 0.342 e. The van der Waals surface area contributed by atoms with Crippen LogP contribution in [0, 0.1) is 11.6 Å². The average Bonchev–Trinajstić information content (AvgIpc) is 2.42. The van der Waals surface area contributed by atoms with Gasteiger partial charge in [0.2, 0.25) is 0 Å². The van der Waals surface area contributed by atoms with Gasteiger partial charge in [-0.25, -0.2) is 13.6 Å². The number of ether oxygens (including phenoxy) is 1. The van der Waals surface area contributed by atoms with Crippen molar-refractivity contribution in [3.05, 3.63) is 69.7 Å². The molecule has 0 radical (unpaired) electrons. The first-order valence-electron chi connectivity index (χ1n) is 5.44. The Morgan fingerprint density at radius 1 is 1.05 bits per heavy atom. The Morgan fingerprint density at radius 3 is 2.37 bits per heavy atom. The van der Waals surface area contributed by atoms with Crippen LogP contribution in [0.15, 0.2) is 46.9 Å². The Bertz CT molecular complexity index is 600. The van der Waals surface area contributed by atoms with E-state index in [1.54, 1.807) is 24.3 Å². The van der Waals surface area contributed by atoms with Gasteiger partial charge in [0.25, 0.3) is 0 Å². The Balaban J connectivity index is 2.15. The highest BCUT2D eigenvalue weighted by atomic mass is 79.9. The summed E-state index contributed by atoms with van der Waals surface area (Å²) in [6.45, 7) is 0.00205. The number of esters is 1. The van der Waals surface area contributed by atoms with Gasteiger partial charge in [-0.1, -0.05) is 30.3 Å². The van der Waals surface area contributed by atoms with E-state index >= 15 is 0 Å². The highest BCUT2D eigenvalue weighted by molar-refractivity contribution is 9.10. The molecule has 0 atom stereocenters. The van der Waals surface area contributed by atoms with Crippen molar-refractivity contribution in [3.63, 3.8) is 0 Å². The second-order valence-corrected chi connectivity index (χ2v) is 4.57. The van der Waals surface area contributed by atoms with Crippen LogP contribution in [-0.2, 0) is 11.3 Å². The molecule has 0 saturated heterocycles. The van der Waals surface area contributed by atoms with Gasteiger partial charge in [-0.05, 0) is 33.6 Å². The molecule has 98 valence electrons. The van der Waals surface area contributed by atoms with Crippen LogP contribution in [0.3, 0.4) is 0 Å². The fourth-order valence-electron chi connectivity index (χ4n) is 1.51. The summed E-state index contributed by atoms with van der Waals surface area (Å²) in [6.07, 6.45) is 0. The van der Waals surface area contributed by atoms with Crippen molar-refractivity contribution in [2.75, 3.05) is 0 Å². The molecule has 2 nitrogen and oxygen atoms in total. The van der Waals surface area contributed by atoms with E-state index in [9.17, 15) is 13.6 Å². The van der Waals surface area contributed by atoms with Gasteiger partial charge >= 0.3 is 5.97 Å². The summed E-state index contributed by atoms with van der Waals surface area (Å²) in [6, 6.07) is 10.8. The predicted octanol–water partition coefficient (Wildman–Crippen LogP) is 4.08. The lowest BCUT2D eigenvalue weighted by atomic mass is 10.2. The number of carbonyl (C=O) groups excluding carboxylic acids is 1. The molecule has 0 heterocycles. The van der Waals surface area contributed by atoms with Crippen molar-refractivity contribution in [1.82, 2.24) is 0 Å². The number of carbonyl (C=O) groups is 1. The third-order valence-electron chi connectivity index (χ3n) is 2.46. The number of rotatable bonds is 3. The van der Waals surface area contributed by atoms with Gasteiger partial charge in [0.05, 0.1) is 4.47 Å². The number of hydrogen-bond donors (Lipinski definition) is 0. The van der Waals surface area contributed by atoms with Crippen LogP contribution >= 0.6 is 15.9 Å². The van der Waals surface area contributed by atoms with E-state index in [1.165, 1.54) is 0 Å². The molecule has 0 aromatic heterocycles. The molecule has 0 fully saturated rings. The Morgan fingerprint density at radius 2 is 1.68 bits per heavy atom. The van der Waals surface area contributed by atoms with Gasteiger partial charge in [-0.3, -0.25) is 0 Å². The van der Waals surface area contributed by atoms with Crippen molar-refractivity contribution in [3.8, 4) is 0 Å². The van der Waals surface area contributed by atoms with Crippen LogP contribution in [0.5, 0.6) is 0 Å². The monoisotopic (exact) mass is 326 g/mol. The summed E-state index contributed by atoms with van der Waals surface area (Å²) < 4.78 is 31.5. The van der Waals surface area contributed by atoms with Crippen molar-refractivity contribution >= 4 is 21.9 Å². The lowest BCUT2D eigenvalue weighted by molar-refractivity contribution is 0.0465. The number of halogens is 3. The molecule has 2 rings (SSSR count). The van der Waals surface area contributed by atoms with Crippen LogP contribution in [0.25, 0.3) is 0 Å². The largest absolute Gasteiger partial charge is 0.457 e. The SMILES string of the molecule is O=C(OCc1ccccc1)c1c(F)ccc(F)c1Br. The first kappa shape index (κ1) is 13.7. The van der Waals surface area contributed by atoms with E-state index in [4.69, 9.17) is 4.74 Å². The maximum atomic E-state index is 13.5. The maximum absolute atomic E-state index is 13.5. The molecule has 5 heteroatoms. The fourth-order valence-corrected chi connectivity index (χ4v) is 1.99. The summed E-state index contributed by atoms with van der Waals surface area (Å²) >= 11 is 2.84. The highest BCUT2D eigenvalue weighted by Crippen LogP contribution is 2.24. The normalized spacial score (nSPS) is 10.3. The quantitative estimate of drug-likeness (QED) is 0.627. The minimum atomic E-state index is -0.910. The maximum Gasteiger partial charge on any atom is 0.342 e. The third kappa shape index (κ3) is 3.17. The van der Waals surface area contributed by atoms with E-state index in [1.807, 2.05) is 6.07 Å². The van der Waals surface area contributed by atoms with Crippen LogP contribution in [0.1, 0.15) is 15.9 Å². The zero-order valence-corrected chi connectivity index (χ0v) is 11.3. The number of benzene rings is 2. The summed E-state index contributed by atoms with van der Waals surface area (Å²) in [5.41, 5.74) is 0.333. The molecule has 0 N–H and O–H groups in total. The zero-order chi connectivity index (χ0) is 13.8. The molecule has 2 aromatic rings. The minimum Gasteiger partial charge on any atom is -0.457 e. The van der Waals surface area contributed by atoms with Crippen LogP contribution in [-0.4, -0.2) is 5.97 Å². The summed E-state index contributed by atoms with van der Waals surface area (Å²) in [5.74, 6) is -2.45. The topological polar surface area (TPSA) is 26.3 Å². The van der Waals surface area contributed by atoms with Crippen molar-refractivity contribution in [2.45, 2.75) is 6.61 Å². The first-order chi connectivity index (χ1) is 9.09. The summed E-state index contributed by atoms with van der Waals surface area (Å²) in [7, 11) is 0. The van der Waals surface area contributed by atoms with Crippen molar-refractivity contribution < 1.29 is 18.3 Å². The molecule has 0 aliphatic rings. The second-order valence-electron chi connectivity index (χ2n) is 3.78. The Hall–Kier alpha value is -1.75. The molecular weight excluding hydrogens is 318 g/mol. The van der Waals surface area contributed by atoms with Crippen molar-refractivity contribution in [2.24, 2.45) is 0 Å². The first-order valence-corrected chi connectivity index (χ1v) is 6.23. The predicted molar refractivity (Wildman–Crippen MR) is 69.6 cm³/mol. The molecule has 0 unspecified atom stereocenters. The standard InChI is InChI=1S/C14H9BrF2O2/c15-13-11(17)7-6-10(16)12(13)14(18)19-8-9-4-2-1-3-5-9/h1-7H,8H2. The molecule has 0 spiro atoms. The molecular formula is C14H9BrF2O2. The van der Waals surface area contributed by atoms with Crippen LogP contribution < -0.4 is 0 Å². The van der Waals surface area contributed by atoms with E-state index in [0.29, 0.717) is 0 Å². The average molecular weight is 327 g/mol. The van der Waals surface area contributed by atoms with Gasteiger partial charge in [0, 0.05) is 0 Å². The lowest BCUT2D eigenvalue weighted by Gasteiger charge is -2.08. The summed E-state index contributed by atoms with van der Waals surface area (Å²) in [4.78, 5) is 11.8. The molecule has 0 bridgehead atoms. The Labute approximate surface area is 117 Å². The number of hydrogen-bond acceptors (Lipinski definition) is 2. The second kappa shape index (κ2) is 5.93. The van der Waals surface area contributed by atoms with Gasteiger partial charge in [-0.2, -0.15) is 0 Å². The molecule has 0 aliphatic heterocycles. The van der Waals surface area contributed by atoms with Crippen molar-refractivity contribution in [1.29, 1.82) is 0 Å². The Kier molecular flexibility index (Phi) is 4.27. The molecule has 2 aromatic carbocycles. The highest BCUT2D eigenvalue weighted by Gasteiger charge is 2.20. The van der Waals surface area contributed by atoms with Gasteiger partial charge < -0.3 is 4.74 Å². The zero-order valence-electron chi connectivity index (χ0n) is 9.70. The molecule has 0 amide bonds. The molecule has 0 aliphatic carbocycles. The van der Waals surface area contributed by atoms with E-state index in [0.717, 1.165) is 17.7 Å². The van der Waals surface area contributed by atoms with E-state index in [-0.39, 0.29) is 11.1 Å². The van der Waals surface area contributed by atoms with Gasteiger partial charge in [-0.15, -0.1) is 0 Å². The summed E-state index contributed by atoms with van der Waals surface area (Å²) in [5, 5.41) is 0. The van der Waals surface area contributed by atoms with E-state index in [2.05, 4.69) is 15.9 Å². The molecule has 19 heavy (non-hydrogen) atoms. The fraction of sp³-hybridized carbons (Fsp3) is 0.0714. The third-order valence-corrected chi connectivity index (χ3v) is 3.24.